The lowest BCUT2D eigenvalue weighted by atomic mass is 10.1. The Labute approximate surface area is 96.1 Å². The molecule has 0 aliphatic carbocycles. The van der Waals surface area contributed by atoms with Crippen LogP contribution in [0.2, 0.25) is 0 Å². The van der Waals surface area contributed by atoms with E-state index in [0.717, 1.165) is 0 Å². The minimum absolute atomic E-state index is 0.00828. The maximum Gasteiger partial charge on any atom is 0.410 e. The molecule has 1 heterocycles. The normalized spacial score (nSPS) is 20.8. The van der Waals surface area contributed by atoms with Crippen LogP contribution in [0, 0.1) is 5.92 Å². The maximum atomic E-state index is 11.7. The van der Waals surface area contributed by atoms with E-state index in [4.69, 9.17) is 4.74 Å². The second-order valence-corrected chi connectivity index (χ2v) is 5.03. The molecule has 1 aliphatic rings. The molecule has 1 saturated heterocycles. The van der Waals surface area contributed by atoms with Gasteiger partial charge in [-0.05, 0) is 27.2 Å². The van der Waals surface area contributed by atoms with Crippen molar-refractivity contribution < 1.29 is 14.3 Å². The minimum Gasteiger partial charge on any atom is -0.444 e. The first-order valence-corrected chi connectivity index (χ1v) is 5.53. The molecule has 1 aliphatic heterocycles. The average Bonchev–Trinajstić information content (AvgIpc) is 2.62. The van der Waals surface area contributed by atoms with Gasteiger partial charge in [0.05, 0.1) is 5.92 Å². The monoisotopic (exact) mass is 228 g/mol. The fourth-order valence-corrected chi connectivity index (χ4v) is 1.67. The molecular weight excluding hydrogens is 208 g/mol. The summed E-state index contributed by atoms with van der Waals surface area (Å²) in [5.74, 6) is -0.108. The number of amides is 2. The van der Waals surface area contributed by atoms with Gasteiger partial charge in [-0.15, -0.1) is 0 Å². The Hall–Kier alpha value is -1.26. The number of hydrogen-bond donors (Lipinski definition) is 1. The van der Waals surface area contributed by atoms with Crippen LogP contribution in [0.25, 0.3) is 0 Å². The molecular formula is C11H20N2O3. The Kier molecular flexibility index (Phi) is 3.78. The van der Waals surface area contributed by atoms with Gasteiger partial charge in [-0.25, -0.2) is 4.79 Å². The SMILES string of the molecule is CNC(=O)C1CCN(C(=O)OC(C)(C)C)C1. The minimum atomic E-state index is -0.484. The average molecular weight is 228 g/mol. The topological polar surface area (TPSA) is 58.6 Å². The van der Waals surface area contributed by atoms with E-state index in [0.29, 0.717) is 19.5 Å². The molecule has 1 unspecified atom stereocenters. The van der Waals surface area contributed by atoms with E-state index in [2.05, 4.69) is 5.32 Å². The Morgan fingerprint density at radius 3 is 2.50 bits per heavy atom. The molecule has 0 spiro atoms. The molecule has 1 atom stereocenters. The van der Waals surface area contributed by atoms with Crippen LogP contribution < -0.4 is 5.32 Å². The molecule has 0 radical (unpaired) electrons. The van der Waals surface area contributed by atoms with Crippen molar-refractivity contribution in [1.29, 1.82) is 0 Å². The Bertz CT molecular complexity index is 283. The predicted octanol–water partition coefficient (Wildman–Crippen LogP) is 0.989. The molecule has 92 valence electrons. The standard InChI is InChI=1S/C11H20N2O3/c1-11(2,3)16-10(15)13-6-5-8(7-13)9(14)12-4/h8H,5-7H2,1-4H3,(H,12,14). The summed E-state index contributed by atoms with van der Waals surface area (Å²) in [6, 6.07) is 0. The first kappa shape index (κ1) is 12.8. The van der Waals surface area contributed by atoms with E-state index in [1.54, 1.807) is 11.9 Å². The van der Waals surface area contributed by atoms with Crippen molar-refractivity contribution in [3.8, 4) is 0 Å². The van der Waals surface area contributed by atoms with Gasteiger partial charge in [0.2, 0.25) is 5.91 Å². The van der Waals surface area contributed by atoms with E-state index in [-0.39, 0.29) is 17.9 Å². The van der Waals surface area contributed by atoms with Gasteiger partial charge in [0.1, 0.15) is 5.60 Å². The van der Waals surface area contributed by atoms with Gasteiger partial charge in [0.25, 0.3) is 0 Å². The summed E-state index contributed by atoms with van der Waals surface area (Å²) in [5, 5.41) is 2.60. The number of likely N-dealkylation sites (tertiary alicyclic amines) is 1. The summed E-state index contributed by atoms with van der Waals surface area (Å²) in [4.78, 5) is 24.7. The molecule has 0 aromatic rings. The number of carbonyl (C=O) groups excluding carboxylic acids is 2. The lowest BCUT2D eigenvalue weighted by Crippen LogP contribution is -2.37. The fourth-order valence-electron chi connectivity index (χ4n) is 1.67. The Morgan fingerprint density at radius 2 is 2.00 bits per heavy atom. The van der Waals surface area contributed by atoms with E-state index >= 15 is 0 Å². The van der Waals surface area contributed by atoms with Crippen molar-refractivity contribution in [2.45, 2.75) is 32.8 Å². The molecule has 0 aromatic carbocycles. The lowest BCUT2D eigenvalue weighted by Gasteiger charge is -2.24. The van der Waals surface area contributed by atoms with Crippen LogP contribution in [0.1, 0.15) is 27.2 Å². The summed E-state index contributed by atoms with van der Waals surface area (Å²) in [6.45, 7) is 6.53. The molecule has 16 heavy (non-hydrogen) atoms. The number of ether oxygens (including phenoxy) is 1. The van der Waals surface area contributed by atoms with Crippen LogP contribution in [-0.4, -0.2) is 42.6 Å². The molecule has 5 heteroatoms. The number of rotatable bonds is 1. The van der Waals surface area contributed by atoms with Crippen molar-refractivity contribution in [2.75, 3.05) is 20.1 Å². The smallest absolute Gasteiger partial charge is 0.410 e. The number of hydrogen-bond acceptors (Lipinski definition) is 3. The molecule has 5 nitrogen and oxygen atoms in total. The summed E-state index contributed by atoms with van der Waals surface area (Å²) >= 11 is 0. The summed E-state index contributed by atoms with van der Waals surface area (Å²) in [5.41, 5.74) is -0.484. The van der Waals surface area contributed by atoms with Crippen LogP contribution in [-0.2, 0) is 9.53 Å². The Balaban J connectivity index is 2.47. The molecule has 0 saturated carbocycles. The van der Waals surface area contributed by atoms with Crippen LogP contribution in [0.5, 0.6) is 0 Å². The van der Waals surface area contributed by atoms with E-state index in [1.807, 2.05) is 20.8 Å². The van der Waals surface area contributed by atoms with Gasteiger partial charge in [0.15, 0.2) is 0 Å². The molecule has 0 bridgehead atoms. The zero-order chi connectivity index (χ0) is 12.3. The molecule has 2 amide bonds. The fraction of sp³-hybridized carbons (Fsp3) is 0.818. The quantitative estimate of drug-likeness (QED) is 0.728. The summed E-state index contributed by atoms with van der Waals surface area (Å²) in [7, 11) is 1.61. The van der Waals surface area contributed by atoms with Crippen LogP contribution >= 0.6 is 0 Å². The highest BCUT2D eigenvalue weighted by atomic mass is 16.6. The van der Waals surface area contributed by atoms with Gasteiger partial charge in [-0.2, -0.15) is 0 Å². The van der Waals surface area contributed by atoms with Crippen LogP contribution in [0.4, 0.5) is 4.79 Å². The van der Waals surface area contributed by atoms with Gasteiger partial charge >= 0.3 is 6.09 Å². The van der Waals surface area contributed by atoms with Crippen molar-refractivity contribution >= 4 is 12.0 Å². The zero-order valence-corrected chi connectivity index (χ0v) is 10.4. The highest BCUT2D eigenvalue weighted by Crippen LogP contribution is 2.19. The first-order chi connectivity index (χ1) is 7.33. The van der Waals surface area contributed by atoms with Gasteiger partial charge in [-0.3, -0.25) is 4.79 Å². The molecule has 1 fully saturated rings. The van der Waals surface area contributed by atoms with Crippen molar-refractivity contribution in [3.63, 3.8) is 0 Å². The van der Waals surface area contributed by atoms with Gasteiger partial charge in [-0.1, -0.05) is 0 Å². The maximum absolute atomic E-state index is 11.7. The third-order valence-corrected chi connectivity index (χ3v) is 2.46. The lowest BCUT2D eigenvalue weighted by molar-refractivity contribution is -0.124. The van der Waals surface area contributed by atoms with Crippen molar-refractivity contribution in [3.05, 3.63) is 0 Å². The van der Waals surface area contributed by atoms with Crippen LogP contribution in [0.3, 0.4) is 0 Å². The second-order valence-electron chi connectivity index (χ2n) is 5.03. The molecule has 1 rings (SSSR count). The van der Waals surface area contributed by atoms with Gasteiger partial charge < -0.3 is 15.0 Å². The third-order valence-electron chi connectivity index (χ3n) is 2.46. The largest absolute Gasteiger partial charge is 0.444 e. The zero-order valence-electron chi connectivity index (χ0n) is 10.4. The number of carbonyl (C=O) groups is 2. The predicted molar refractivity (Wildman–Crippen MR) is 60.0 cm³/mol. The highest BCUT2D eigenvalue weighted by Gasteiger charge is 2.32. The summed E-state index contributed by atoms with van der Waals surface area (Å²) in [6.07, 6.45) is 0.373. The van der Waals surface area contributed by atoms with E-state index < -0.39 is 5.60 Å². The van der Waals surface area contributed by atoms with E-state index in [9.17, 15) is 9.59 Å². The molecule has 0 aromatic heterocycles. The summed E-state index contributed by atoms with van der Waals surface area (Å²) < 4.78 is 5.24. The number of nitrogens with one attached hydrogen (secondary N) is 1. The Morgan fingerprint density at radius 1 is 1.38 bits per heavy atom. The van der Waals surface area contributed by atoms with Crippen molar-refractivity contribution in [2.24, 2.45) is 5.92 Å². The van der Waals surface area contributed by atoms with Crippen LogP contribution in [0.15, 0.2) is 0 Å². The number of nitrogens with zero attached hydrogens (tertiary/aromatic N) is 1. The third kappa shape index (κ3) is 3.40. The molecule has 1 N–H and O–H groups in total. The first-order valence-electron chi connectivity index (χ1n) is 5.53. The second kappa shape index (κ2) is 4.72. The van der Waals surface area contributed by atoms with E-state index in [1.165, 1.54) is 0 Å². The highest BCUT2D eigenvalue weighted by molar-refractivity contribution is 5.80. The van der Waals surface area contributed by atoms with Gasteiger partial charge in [0, 0.05) is 20.1 Å². The van der Waals surface area contributed by atoms with Crippen molar-refractivity contribution in [1.82, 2.24) is 10.2 Å².